The van der Waals surface area contributed by atoms with Crippen molar-refractivity contribution in [3.63, 3.8) is 0 Å². The van der Waals surface area contributed by atoms with E-state index in [4.69, 9.17) is 37.9 Å². The number of fused-ring (bicyclic) bond motifs is 3. The third kappa shape index (κ3) is 11.7. The van der Waals surface area contributed by atoms with Crippen LogP contribution >= 0.6 is 0 Å². The Bertz CT molecular complexity index is 1910. The molecule has 12 rings (SSSR count). The van der Waals surface area contributed by atoms with E-state index in [9.17, 15) is 33.6 Å². The Morgan fingerprint density at radius 1 is 0.478 bits per heavy atom. The summed E-state index contributed by atoms with van der Waals surface area (Å²) in [5, 5.41) is 0. The van der Waals surface area contributed by atoms with Crippen molar-refractivity contribution in [1.29, 1.82) is 0 Å². The predicted molar refractivity (Wildman–Crippen MR) is 240 cm³/mol. The van der Waals surface area contributed by atoms with Crippen molar-refractivity contribution in [1.82, 2.24) is 0 Å². The molecule has 12 bridgehead atoms. The second-order valence-electron chi connectivity index (χ2n) is 23.8. The van der Waals surface area contributed by atoms with E-state index in [1.54, 1.807) is 13.8 Å². The molecule has 0 aromatic heterocycles. The van der Waals surface area contributed by atoms with E-state index in [-0.39, 0.29) is 84.7 Å². The number of carbonyl (C=O) groups excluding carboxylic acids is 7. The molecule has 0 aromatic rings. The normalized spacial score (nSPS) is 36.4. The van der Waals surface area contributed by atoms with Gasteiger partial charge in [0.25, 0.3) is 0 Å². The van der Waals surface area contributed by atoms with Crippen LogP contribution in [0.25, 0.3) is 0 Å². The summed E-state index contributed by atoms with van der Waals surface area (Å²) in [6.07, 6.45) is 14.1. The molecule has 12 aliphatic rings. The highest BCUT2D eigenvalue weighted by Gasteiger charge is 2.57. The quantitative estimate of drug-likeness (QED) is 0.0921. The van der Waals surface area contributed by atoms with E-state index >= 15 is 0 Å². The van der Waals surface area contributed by atoms with Gasteiger partial charge in [-0.2, -0.15) is 0 Å². The van der Waals surface area contributed by atoms with Crippen LogP contribution in [0.15, 0.2) is 0 Å². The van der Waals surface area contributed by atoms with Gasteiger partial charge >= 0.3 is 41.8 Å². The second-order valence-corrected chi connectivity index (χ2v) is 23.8. The standard InChI is InChI=1S/C18H26O6.C18H28O5.C16H24O4/c1-4-17(2,3)16(21)22-10-14(19)24-18-7-11-5-12(8-18)15(20)23-13(6-11)9-18;1-4-17(2,3)16(20)21-5-6-22-18-9-12-7-13(10-18)15(19)23-14(8-12)11-18;1-4-15(2,3)14(18)20-16-7-10-5-11(8-16)13(17)19-12(6-10)9-16/h11-13H,4-10H2,1-3H3;12-14H,4-11H2,1-3H3;10-12H,4-9H2,1-3H3. The zero-order chi connectivity index (χ0) is 48.7. The highest BCUT2D eigenvalue weighted by Crippen LogP contribution is 2.54. The van der Waals surface area contributed by atoms with Crippen molar-refractivity contribution < 1.29 is 71.5 Å². The number of ether oxygens (including phenoxy) is 8. The SMILES string of the molecule is CCC(C)(C)C(=O)OC12CC3CC(C1)OC(=O)C(C3)C2.CCC(C)(C)C(=O)OCC(=O)OC12CC3CC(C1)OC(=O)C(C3)C2.CCC(C)(C)C(=O)OCCOC12CC3CC(C1)OC(=O)C(C3)C2. The fourth-order valence-corrected chi connectivity index (χ4v) is 12.5. The lowest BCUT2D eigenvalue weighted by atomic mass is 9.65. The minimum Gasteiger partial charge on any atom is -0.463 e. The predicted octanol–water partition coefficient (Wildman–Crippen LogP) is 8.08. The highest BCUT2D eigenvalue weighted by molar-refractivity contribution is 5.80. The van der Waals surface area contributed by atoms with Crippen LogP contribution in [0.1, 0.15) is 178 Å². The Morgan fingerprint density at radius 3 is 1.30 bits per heavy atom. The lowest BCUT2D eigenvalue weighted by Crippen LogP contribution is -2.49. The molecule has 12 atom stereocenters. The van der Waals surface area contributed by atoms with Crippen molar-refractivity contribution in [2.45, 2.75) is 213 Å². The van der Waals surface area contributed by atoms with Gasteiger partial charge in [-0.1, -0.05) is 20.8 Å². The van der Waals surface area contributed by atoms with Crippen LogP contribution in [0.4, 0.5) is 0 Å². The number of carbonyl (C=O) groups is 7. The maximum atomic E-state index is 12.4. The summed E-state index contributed by atoms with van der Waals surface area (Å²) in [5.74, 6) is -0.417. The van der Waals surface area contributed by atoms with E-state index in [0.29, 0.717) is 56.5 Å². The topological polar surface area (TPSA) is 193 Å². The highest BCUT2D eigenvalue weighted by atomic mass is 16.6. The molecule has 6 heterocycles. The number of esters is 7. The first-order valence-corrected chi connectivity index (χ1v) is 25.4. The molecule has 67 heavy (non-hydrogen) atoms. The van der Waals surface area contributed by atoms with Gasteiger partial charge in [-0.3, -0.25) is 28.8 Å². The van der Waals surface area contributed by atoms with Crippen molar-refractivity contribution in [3.05, 3.63) is 0 Å². The van der Waals surface area contributed by atoms with Crippen molar-refractivity contribution in [3.8, 4) is 0 Å². The fraction of sp³-hybridized carbons (Fsp3) is 0.865. The van der Waals surface area contributed by atoms with Crippen LogP contribution in [-0.2, 0) is 71.5 Å². The van der Waals surface area contributed by atoms with Gasteiger partial charge in [-0.05, 0) is 143 Å². The van der Waals surface area contributed by atoms with Gasteiger partial charge in [0.1, 0.15) is 36.1 Å². The molecule has 12 fully saturated rings. The molecule has 0 spiro atoms. The molecule has 0 radical (unpaired) electrons. The Balaban J connectivity index is 0.000000150. The Labute approximate surface area is 396 Å². The summed E-state index contributed by atoms with van der Waals surface area (Å²) in [5.41, 5.74) is -2.85. The molecule has 6 aliphatic heterocycles. The van der Waals surface area contributed by atoms with Gasteiger partial charge in [0.05, 0.1) is 46.2 Å². The summed E-state index contributed by atoms with van der Waals surface area (Å²) in [7, 11) is 0. The maximum Gasteiger partial charge on any atom is 0.344 e. The van der Waals surface area contributed by atoms with Crippen LogP contribution < -0.4 is 0 Å². The lowest BCUT2D eigenvalue weighted by molar-refractivity contribution is -0.184. The number of rotatable bonds is 14. The molecule has 6 saturated carbocycles. The molecule has 0 N–H and O–H groups in total. The molecule has 0 aromatic carbocycles. The van der Waals surface area contributed by atoms with Gasteiger partial charge in [0, 0.05) is 32.1 Å². The summed E-state index contributed by atoms with van der Waals surface area (Å²) >= 11 is 0. The third-order valence-corrected chi connectivity index (χ3v) is 17.1. The van der Waals surface area contributed by atoms with Crippen LogP contribution in [0.2, 0.25) is 0 Å². The molecule has 15 heteroatoms. The maximum absolute atomic E-state index is 12.4. The molecule has 376 valence electrons. The average Bonchev–Trinajstić information content (AvgIpc) is 3.61. The smallest absolute Gasteiger partial charge is 0.344 e. The lowest BCUT2D eigenvalue weighted by Gasteiger charge is -2.46. The molecule has 12 unspecified atom stereocenters. The average molecular weight is 943 g/mol. The fourth-order valence-electron chi connectivity index (χ4n) is 12.5. The minimum atomic E-state index is -0.633. The Kier molecular flexibility index (Phi) is 14.9. The van der Waals surface area contributed by atoms with Crippen LogP contribution in [-0.4, -0.2) is 96.7 Å². The zero-order valence-corrected chi connectivity index (χ0v) is 41.7. The van der Waals surface area contributed by atoms with E-state index in [2.05, 4.69) is 0 Å². The van der Waals surface area contributed by atoms with Gasteiger partial charge < -0.3 is 37.9 Å². The van der Waals surface area contributed by atoms with Gasteiger partial charge in [-0.25, -0.2) is 4.79 Å². The van der Waals surface area contributed by atoms with Crippen LogP contribution in [0.3, 0.4) is 0 Å². The minimum absolute atomic E-state index is 0.00956. The van der Waals surface area contributed by atoms with Crippen molar-refractivity contribution in [2.24, 2.45) is 51.8 Å². The number of hydrogen-bond acceptors (Lipinski definition) is 15. The first-order valence-electron chi connectivity index (χ1n) is 25.4. The van der Waals surface area contributed by atoms with Crippen LogP contribution in [0, 0.1) is 51.8 Å². The van der Waals surface area contributed by atoms with Crippen LogP contribution in [0.5, 0.6) is 0 Å². The summed E-state index contributed by atoms with van der Waals surface area (Å²) < 4.78 is 44.9. The molecule has 6 saturated heterocycles. The van der Waals surface area contributed by atoms with Gasteiger partial charge in [0.2, 0.25) is 0 Å². The van der Waals surface area contributed by atoms with Gasteiger partial charge in [-0.15, -0.1) is 0 Å². The third-order valence-electron chi connectivity index (χ3n) is 17.1. The van der Waals surface area contributed by atoms with Gasteiger partial charge in [0.15, 0.2) is 6.61 Å². The Hall–Kier alpha value is -3.75. The second kappa shape index (κ2) is 19.6. The summed E-state index contributed by atoms with van der Waals surface area (Å²) in [4.78, 5) is 84.6. The molecule has 0 amide bonds. The van der Waals surface area contributed by atoms with E-state index < -0.39 is 39.4 Å². The molecular weight excluding hydrogens is 865 g/mol. The van der Waals surface area contributed by atoms with E-state index in [1.807, 2.05) is 48.5 Å². The largest absolute Gasteiger partial charge is 0.463 e. The van der Waals surface area contributed by atoms with E-state index in [1.165, 1.54) is 0 Å². The molecular formula is C52H78O15. The van der Waals surface area contributed by atoms with Crippen molar-refractivity contribution >= 4 is 41.8 Å². The monoisotopic (exact) mass is 943 g/mol. The first-order chi connectivity index (χ1) is 31.4. The van der Waals surface area contributed by atoms with Crippen molar-refractivity contribution in [2.75, 3.05) is 19.8 Å². The van der Waals surface area contributed by atoms with E-state index in [0.717, 1.165) is 83.5 Å². The molecule has 6 aliphatic carbocycles. The summed E-state index contributed by atoms with van der Waals surface area (Å²) in [6.45, 7) is 17.4. The summed E-state index contributed by atoms with van der Waals surface area (Å²) in [6, 6.07) is 0. The zero-order valence-electron chi connectivity index (χ0n) is 41.7. The first kappa shape index (κ1) is 51.1. The Morgan fingerprint density at radius 2 is 0.851 bits per heavy atom. The molecule has 15 nitrogen and oxygen atoms in total. The number of hydrogen-bond donors (Lipinski definition) is 0.